The highest BCUT2D eigenvalue weighted by Crippen LogP contribution is 2.41. The van der Waals surface area contributed by atoms with E-state index in [4.69, 9.17) is 0 Å². The molecular formula is C17H16N2O3. The van der Waals surface area contributed by atoms with E-state index in [9.17, 15) is 14.9 Å². The second-order valence-corrected chi connectivity index (χ2v) is 5.96. The predicted molar refractivity (Wildman–Crippen MR) is 83.8 cm³/mol. The lowest BCUT2D eigenvalue weighted by Gasteiger charge is -2.20. The van der Waals surface area contributed by atoms with Gasteiger partial charge in [0, 0.05) is 17.8 Å². The predicted octanol–water partition coefficient (Wildman–Crippen LogP) is 3.42. The van der Waals surface area contributed by atoms with E-state index in [0.717, 1.165) is 16.8 Å². The summed E-state index contributed by atoms with van der Waals surface area (Å²) in [6, 6.07) is 14.1. The number of fused-ring (bicyclic) bond motifs is 1. The molecule has 2 aromatic rings. The van der Waals surface area contributed by atoms with Crippen LogP contribution < -0.4 is 4.90 Å². The summed E-state index contributed by atoms with van der Waals surface area (Å²) in [5, 5.41) is 10.7. The molecule has 0 aliphatic carbocycles. The van der Waals surface area contributed by atoms with E-state index in [-0.39, 0.29) is 11.6 Å². The molecule has 5 nitrogen and oxygen atoms in total. The Morgan fingerprint density at radius 1 is 1.09 bits per heavy atom. The van der Waals surface area contributed by atoms with Crippen LogP contribution in [0.3, 0.4) is 0 Å². The van der Waals surface area contributed by atoms with Crippen LogP contribution in [0.5, 0.6) is 0 Å². The molecule has 2 aromatic carbocycles. The fourth-order valence-electron chi connectivity index (χ4n) is 2.86. The summed E-state index contributed by atoms with van der Waals surface area (Å²) in [7, 11) is 0. The standard InChI is InChI=1S/C17H16N2O3/c1-17(2)14-5-3-4-6-15(14)18(16(17)20)11-12-7-9-13(10-8-12)19(21)22/h3-10H,11H2,1-2H3. The molecule has 0 N–H and O–H groups in total. The number of nitro groups is 1. The quantitative estimate of drug-likeness (QED) is 0.644. The zero-order valence-corrected chi connectivity index (χ0v) is 12.4. The average Bonchev–Trinajstić information content (AvgIpc) is 2.69. The van der Waals surface area contributed by atoms with Crippen LogP contribution in [-0.4, -0.2) is 10.8 Å². The number of hydrogen-bond donors (Lipinski definition) is 0. The van der Waals surface area contributed by atoms with Crippen LogP contribution in [0.4, 0.5) is 11.4 Å². The van der Waals surface area contributed by atoms with E-state index in [1.165, 1.54) is 12.1 Å². The van der Waals surface area contributed by atoms with Crippen molar-refractivity contribution in [3.63, 3.8) is 0 Å². The Labute approximate surface area is 128 Å². The van der Waals surface area contributed by atoms with Crippen LogP contribution in [0, 0.1) is 10.1 Å². The Morgan fingerprint density at radius 3 is 2.36 bits per heavy atom. The Morgan fingerprint density at radius 2 is 1.73 bits per heavy atom. The van der Waals surface area contributed by atoms with Crippen molar-refractivity contribution in [2.24, 2.45) is 0 Å². The van der Waals surface area contributed by atoms with Gasteiger partial charge in [-0.1, -0.05) is 30.3 Å². The smallest absolute Gasteiger partial charge is 0.269 e. The van der Waals surface area contributed by atoms with Gasteiger partial charge in [0.05, 0.1) is 16.9 Å². The maximum Gasteiger partial charge on any atom is 0.269 e. The van der Waals surface area contributed by atoms with E-state index in [1.54, 1.807) is 17.0 Å². The molecule has 0 unspecified atom stereocenters. The Kier molecular flexibility index (Phi) is 3.20. The number of anilines is 1. The van der Waals surface area contributed by atoms with Gasteiger partial charge in [-0.25, -0.2) is 0 Å². The van der Waals surface area contributed by atoms with E-state index in [2.05, 4.69) is 0 Å². The second-order valence-electron chi connectivity index (χ2n) is 5.96. The first-order valence-corrected chi connectivity index (χ1v) is 7.06. The largest absolute Gasteiger partial charge is 0.307 e. The molecule has 112 valence electrons. The van der Waals surface area contributed by atoms with Gasteiger partial charge in [0.1, 0.15) is 0 Å². The molecule has 0 saturated carbocycles. The second kappa shape index (κ2) is 4.94. The lowest BCUT2D eigenvalue weighted by molar-refractivity contribution is -0.384. The summed E-state index contributed by atoms with van der Waals surface area (Å²) in [6.45, 7) is 4.26. The molecule has 0 radical (unpaired) electrons. The average molecular weight is 296 g/mol. The first-order valence-electron chi connectivity index (χ1n) is 7.06. The summed E-state index contributed by atoms with van der Waals surface area (Å²) in [6.07, 6.45) is 0. The van der Waals surface area contributed by atoms with Gasteiger partial charge in [0.25, 0.3) is 5.69 Å². The summed E-state index contributed by atoms with van der Waals surface area (Å²) in [4.78, 5) is 24.7. The van der Waals surface area contributed by atoms with Gasteiger partial charge in [-0.2, -0.15) is 0 Å². The number of nitrogens with zero attached hydrogens (tertiary/aromatic N) is 2. The van der Waals surface area contributed by atoms with E-state index >= 15 is 0 Å². The number of rotatable bonds is 3. The van der Waals surface area contributed by atoms with Crippen LogP contribution in [0.1, 0.15) is 25.0 Å². The van der Waals surface area contributed by atoms with Gasteiger partial charge in [-0.3, -0.25) is 14.9 Å². The molecule has 5 heteroatoms. The molecule has 22 heavy (non-hydrogen) atoms. The van der Waals surface area contributed by atoms with Crippen molar-refractivity contribution in [3.05, 3.63) is 69.8 Å². The topological polar surface area (TPSA) is 63.5 Å². The first-order chi connectivity index (χ1) is 10.4. The van der Waals surface area contributed by atoms with E-state index in [0.29, 0.717) is 6.54 Å². The molecule has 3 rings (SSSR count). The number of benzene rings is 2. The van der Waals surface area contributed by atoms with Crippen molar-refractivity contribution in [3.8, 4) is 0 Å². The molecule has 0 spiro atoms. The van der Waals surface area contributed by atoms with Crippen LogP contribution in [0.15, 0.2) is 48.5 Å². The maximum absolute atomic E-state index is 12.7. The van der Waals surface area contributed by atoms with Gasteiger partial charge < -0.3 is 4.90 Å². The summed E-state index contributed by atoms with van der Waals surface area (Å²) >= 11 is 0. The number of carbonyl (C=O) groups is 1. The lowest BCUT2D eigenvalue weighted by atomic mass is 9.86. The Balaban J connectivity index is 1.93. The highest BCUT2D eigenvalue weighted by atomic mass is 16.6. The fraction of sp³-hybridized carbons (Fsp3) is 0.235. The third kappa shape index (κ3) is 2.15. The monoisotopic (exact) mass is 296 g/mol. The molecule has 1 heterocycles. The van der Waals surface area contributed by atoms with Crippen molar-refractivity contribution in [2.75, 3.05) is 4.90 Å². The molecule has 0 bridgehead atoms. The molecule has 1 aliphatic heterocycles. The summed E-state index contributed by atoms with van der Waals surface area (Å²) in [5.74, 6) is 0.0482. The molecule has 0 aromatic heterocycles. The number of carbonyl (C=O) groups excluding carboxylic acids is 1. The summed E-state index contributed by atoms with van der Waals surface area (Å²) < 4.78 is 0. The van der Waals surface area contributed by atoms with Gasteiger partial charge in [-0.05, 0) is 31.0 Å². The Hall–Kier alpha value is -2.69. The SMILES string of the molecule is CC1(C)C(=O)N(Cc2ccc([N+](=O)[O-])cc2)c2ccccc21. The molecule has 1 amide bonds. The minimum Gasteiger partial charge on any atom is -0.307 e. The van der Waals surface area contributed by atoms with Gasteiger partial charge >= 0.3 is 0 Å². The minimum absolute atomic E-state index is 0.0482. The molecule has 1 aliphatic rings. The summed E-state index contributed by atoms with van der Waals surface area (Å²) in [5.41, 5.74) is 2.30. The lowest BCUT2D eigenvalue weighted by Crippen LogP contribution is -2.35. The number of hydrogen-bond acceptors (Lipinski definition) is 3. The normalized spacial score (nSPS) is 15.7. The molecule has 0 fully saturated rings. The van der Waals surface area contributed by atoms with Gasteiger partial charge in [-0.15, -0.1) is 0 Å². The van der Waals surface area contributed by atoms with Crippen molar-refractivity contribution >= 4 is 17.3 Å². The molecule has 0 saturated heterocycles. The van der Waals surface area contributed by atoms with E-state index in [1.807, 2.05) is 38.1 Å². The third-order valence-electron chi connectivity index (χ3n) is 4.14. The Bertz CT molecular complexity index is 751. The van der Waals surface area contributed by atoms with Crippen molar-refractivity contribution in [1.29, 1.82) is 0 Å². The zero-order valence-electron chi connectivity index (χ0n) is 12.4. The van der Waals surface area contributed by atoms with Crippen molar-refractivity contribution < 1.29 is 9.72 Å². The van der Waals surface area contributed by atoms with E-state index < -0.39 is 10.3 Å². The van der Waals surface area contributed by atoms with Crippen LogP contribution in [0.25, 0.3) is 0 Å². The van der Waals surface area contributed by atoms with Crippen LogP contribution in [-0.2, 0) is 16.8 Å². The third-order valence-corrected chi connectivity index (χ3v) is 4.14. The minimum atomic E-state index is -0.544. The molecular weight excluding hydrogens is 280 g/mol. The van der Waals surface area contributed by atoms with Gasteiger partial charge in [0.15, 0.2) is 0 Å². The van der Waals surface area contributed by atoms with Gasteiger partial charge in [0.2, 0.25) is 5.91 Å². The van der Waals surface area contributed by atoms with Crippen molar-refractivity contribution in [1.82, 2.24) is 0 Å². The first kappa shape index (κ1) is 14.3. The number of nitro benzene ring substituents is 1. The highest BCUT2D eigenvalue weighted by Gasteiger charge is 2.43. The zero-order chi connectivity index (χ0) is 15.9. The number of non-ortho nitro benzene ring substituents is 1. The van der Waals surface area contributed by atoms with Crippen molar-refractivity contribution in [2.45, 2.75) is 25.8 Å². The maximum atomic E-state index is 12.7. The van der Waals surface area contributed by atoms with Crippen LogP contribution in [0.2, 0.25) is 0 Å². The number of para-hydroxylation sites is 1. The molecule has 0 atom stereocenters. The van der Waals surface area contributed by atoms with Crippen LogP contribution >= 0.6 is 0 Å². The highest BCUT2D eigenvalue weighted by molar-refractivity contribution is 6.07. The fourth-order valence-corrected chi connectivity index (χ4v) is 2.86. The number of amides is 1.